The minimum absolute atomic E-state index is 0.0318. The van der Waals surface area contributed by atoms with Crippen LogP contribution in [0.15, 0.2) is 47.4 Å². The average Bonchev–Trinajstić information content (AvgIpc) is 2.91. The van der Waals surface area contributed by atoms with Gasteiger partial charge in [-0.1, -0.05) is 42.5 Å². The molecule has 3 aromatic rings. The molecule has 1 fully saturated rings. The summed E-state index contributed by atoms with van der Waals surface area (Å²) in [5.74, 6) is 0.0318. The zero-order valence-electron chi connectivity index (χ0n) is 18.2. The lowest BCUT2D eigenvalue weighted by Gasteiger charge is -2.22. The summed E-state index contributed by atoms with van der Waals surface area (Å²) in [5, 5.41) is 6.45. The fourth-order valence-corrected chi connectivity index (χ4v) is 6.23. The maximum absolute atomic E-state index is 13.3. The number of aromatic nitrogens is 2. The second kappa shape index (κ2) is 8.43. The van der Waals surface area contributed by atoms with Gasteiger partial charge in [-0.15, -0.1) is 0 Å². The van der Waals surface area contributed by atoms with Crippen molar-refractivity contribution < 1.29 is 13.2 Å². The molecule has 0 spiro atoms. The van der Waals surface area contributed by atoms with E-state index in [9.17, 15) is 13.2 Å². The Morgan fingerprint density at radius 1 is 1.00 bits per heavy atom. The molecule has 0 N–H and O–H groups in total. The summed E-state index contributed by atoms with van der Waals surface area (Å²) in [4.78, 5) is 15.1. The Balaban J connectivity index is 1.49. The highest BCUT2D eigenvalue weighted by atomic mass is 32.2. The summed E-state index contributed by atoms with van der Waals surface area (Å²) < 4.78 is 29.6. The van der Waals surface area contributed by atoms with Gasteiger partial charge in [-0.05, 0) is 36.6 Å². The quantitative estimate of drug-likeness (QED) is 0.625. The first-order valence-corrected chi connectivity index (χ1v) is 12.0. The summed E-state index contributed by atoms with van der Waals surface area (Å²) in [5.41, 5.74) is 2.14. The lowest BCUT2D eigenvalue weighted by Crippen LogP contribution is -2.38. The van der Waals surface area contributed by atoms with Crippen LogP contribution in [0.2, 0.25) is 0 Å². The Morgan fingerprint density at radius 3 is 2.48 bits per heavy atom. The number of rotatable bonds is 4. The molecule has 0 radical (unpaired) electrons. The number of nitrogens with zero attached hydrogens (tertiary/aromatic N) is 4. The van der Waals surface area contributed by atoms with Gasteiger partial charge in [0.2, 0.25) is 15.9 Å². The van der Waals surface area contributed by atoms with Crippen LogP contribution >= 0.6 is 0 Å². The predicted molar refractivity (Wildman–Crippen MR) is 120 cm³/mol. The van der Waals surface area contributed by atoms with Gasteiger partial charge in [0.1, 0.15) is 4.90 Å². The van der Waals surface area contributed by atoms with Gasteiger partial charge in [0.25, 0.3) is 0 Å². The van der Waals surface area contributed by atoms with Gasteiger partial charge >= 0.3 is 0 Å². The molecule has 1 saturated heterocycles. The third-order valence-corrected chi connectivity index (χ3v) is 8.22. The van der Waals surface area contributed by atoms with Crippen molar-refractivity contribution in [2.75, 3.05) is 26.2 Å². The molecule has 4 rings (SSSR count). The molecule has 2 heterocycles. The molecule has 0 saturated carbocycles. The molecular formula is C23H28N4O3S. The van der Waals surface area contributed by atoms with E-state index in [4.69, 9.17) is 0 Å². The van der Waals surface area contributed by atoms with Crippen LogP contribution in [0.1, 0.15) is 23.4 Å². The van der Waals surface area contributed by atoms with E-state index in [2.05, 4.69) is 5.10 Å². The van der Waals surface area contributed by atoms with E-state index in [1.807, 2.05) is 42.5 Å². The highest BCUT2D eigenvalue weighted by Gasteiger charge is 2.32. The van der Waals surface area contributed by atoms with Gasteiger partial charge in [0.05, 0.1) is 17.8 Å². The van der Waals surface area contributed by atoms with E-state index < -0.39 is 10.0 Å². The Hall–Kier alpha value is -2.71. The van der Waals surface area contributed by atoms with Crippen LogP contribution in [-0.2, 0) is 28.3 Å². The number of amides is 1. The third kappa shape index (κ3) is 4.09. The van der Waals surface area contributed by atoms with Crippen LogP contribution < -0.4 is 0 Å². The van der Waals surface area contributed by atoms with Crippen molar-refractivity contribution in [3.63, 3.8) is 0 Å². The largest absolute Gasteiger partial charge is 0.341 e. The Kier molecular flexibility index (Phi) is 5.85. The summed E-state index contributed by atoms with van der Waals surface area (Å²) in [7, 11) is -1.90. The predicted octanol–water partition coefficient (Wildman–Crippen LogP) is 2.66. The first kappa shape index (κ1) is 21.5. The molecule has 1 aliphatic rings. The number of hydrogen-bond acceptors (Lipinski definition) is 4. The number of sulfonamides is 1. The molecule has 164 valence electrons. The smallest absolute Gasteiger partial charge is 0.246 e. The number of carbonyl (C=O) groups is 1. The second-order valence-corrected chi connectivity index (χ2v) is 9.95. The summed E-state index contributed by atoms with van der Waals surface area (Å²) in [6.45, 7) is 5.12. The van der Waals surface area contributed by atoms with Crippen LogP contribution in [-0.4, -0.2) is 59.5 Å². The maximum atomic E-state index is 13.3. The number of hydrogen-bond donors (Lipinski definition) is 0. The van der Waals surface area contributed by atoms with Crippen LogP contribution in [0.5, 0.6) is 0 Å². The molecule has 2 aromatic carbocycles. The molecule has 1 amide bonds. The standard InChI is InChI=1S/C23H28N4O3S/c1-17-23(18(2)25(3)24-17)31(29,30)27-13-7-12-26(14-15-27)22(28)16-20-10-6-9-19-8-4-5-11-21(19)20/h4-6,8-11H,7,12-16H2,1-3H3. The Bertz CT molecular complexity index is 1230. The minimum Gasteiger partial charge on any atom is -0.341 e. The summed E-state index contributed by atoms with van der Waals surface area (Å²) >= 11 is 0. The van der Waals surface area contributed by atoms with E-state index in [1.165, 1.54) is 4.31 Å². The average molecular weight is 441 g/mol. The number of carbonyl (C=O) groups excluding carboxylic acids is 1. The van der Waals surface area contributed by atoms with Crippen LogP contribution in [0.3, 0.4) is 0 Å². The Morgan fingerprint density at radius 2 is 1.74 bits per heavy atom. The SMILES string of the molecule is Cc1nn(C)c(C)c1S(=O)(=O)N1CCCN(C(=O)Cc2cccc3ccccc23)CC1. The van der Waals surface area contributed by atoms with Gasteiger partial charge in [-0.2, -0.15) is 9.40 Å². The fourth-order valence-electron chi connectivity index (χ4n) is 4.36. The van der Waals surface area contributed by atoms with Crippen molar-refractivity contribution in [3.05, 3.63) is 59.4 Å². The van der Waals surface area contributed by atoms with Gasteiger partial charge in [0.15, 0.2) is 0 Å². The van der Waals surface area contributed by atoms with Crippen molar-refractivity contribution in [1.29, 1.82) is 0 Å². The topological polar surface area (TPSA) is 75.5 Å². The monoisotopic (exact) mass is 440 g/mol. The van der Waals surface area contributed by atoms with Gasteiger partial charge in [-0.3, -0.25) is 9.48 Å². The zero-order valence-corrected chi connectivity index (χ0v) is 19.0. The van der Waals surface area contributed by atoms with Crippen molar-refractivity contribution in [2.24, 2.45) is 7.05 Å². The van der Waals surface area contributed by atoms with E-state index in [0.29, 0.717) is 43.9 Å². The first-order chi connectivity index (χ1) is 14.8. The highest BCUT2D eigenvalue weighted by Crippen LogP contribution is 2.24. The molecule has 0 unspecified atom stereocenters. The lowest BCUT2D eigenvalue weighted by molar-refractivity contribution is -0.130. The number of aryl methyl sites for hydroxylation is 2. The molecule has 0 bridgehead atoms. The first-order valence-electron chi connectivity index (χ1n) is 10.5. The second-order valence-electron chi connectivity index (χ2n) is 8.08. The molecule has 1 aliphatic heterocycles. The highest BCUT2D eigenvalue weighted by molar-refractivity contribution is 7.89. The molecule has 0 aliphatic carbocycles. The lowest BCUT2D eigenvalue weighted by atomic mass is 10.0. The maximum Gasteiger partial charge on any atom is 0.246 e. The summed E-state index contributed by atoms with van der Waals surface area (Å²) in [6.07, 6.45) is 0.924. The summed E-state index contributed by atoms with van der Waals surface area (Å²) in [6, 6.07) is 14.0. The minimum atomic E-state index is -3.65. The number of benzene rings is 2. The third-order valence-electron chi connectivity index (χ3n) is 6.07. The zero-order chi connectivity index (χ0) is 22.2. The fraction of sp³-hybridized carbons (Fsp3) is 0.391. The van der Waals surface area contributed by atoms with E-state index in [1.54, 1.807) is 30.5 Å². The normalized spacial score (nSPS) is 15.9. The molecule has 0 atom stereocenters. The molecule has 1 aromatic heterocycles. The molecule has 7 nitrogen and oxygen atoms in total. The van der Waals surface area contributed by atoms with Gasteiger partial charge < -0.3 is 4.90 Å². The van der Waals surface area contributed by atoms with Gasteiger partial charge in [-0.25, -0.2) is 8.42 Å². The van der Waals surface area contributed by atoms with Crippen LogP contribution in [0, 0.1) is 13.8 Å². The van der Waals surface area contributed by atoms with E-state index >= 15 is 0 Å². The van der Waals surface area contributed by atoms with E-state index in [-0.39, 0.29) is 17.3 Å². The number of fused-ring (bicyclic) bond motifs is 1. The molecule has 8 heteroatoms. The van der Waals surface area contributed by atoms with Crippen LogP contribution in [0.4, 0.5) is 0 Å². The van der Waals surface area contributed by atoms with Crippen molar-refractivity contribution >= 4 is 26.7 Å². The van der Waals surface area contributed by atoms with Gasteiger partial charge in [0, 0.05) is 33.2 Å². The van der Waals surface area contributed by atoms with Crippen molar-refractivity contribution in [1.82, 2.24) is 19.0 Å². The van der Waals surface area contributed by atoms with Crippen molar-refractivity contribution in [2.45, 2.75) is 31.6 Å². The molecular weight excluding hydrogens is 412 g/mol. The Labute approximate surface area is 183 Å². The van der Waals surface area contributed by atoms with Crippen molar-refractivity contribution in [3.8, 4) is 0 Å². The van der Waals surface area contributed by atoms with E-state index in [0.717, 1.165) is 16.3 Å². The molecule has 31 heavy (non-hydrogen) atoms. The van der Waals surface area contributed by atoms with Crippen LogP contribution in [0.25, 0.3) is 10.8 Å².